The van der Waals surface area contributed by atoms with Gasteiger partial charge in [0.2, 0.25) is 12.1 Å². The van der Waals surface area contributed by atoms with Gasteiger partial charge in [0.1, 0.15) is 42.3 Å². The quantitative estimate of drug-likeness (QED) is 0.468. The lowest BCUT2D eigenvalue weighted by Gasteiger charge is -2.07. The van der Waals surface area contributed by atoms with Crippen molar-refractivity contribution < 1.29 is 23.6 Å². The van der Waals surface area contributed by atoms with Gasteiger partial charge in [-0.2, -0.15) is 0 Å². The summed E-state index contributed by atoms with van der Waals surface area (Å²) in [7, 11) is 3.28. The molecule has 1 atom stereocenters. The van der Waals surface area contributed by atoms with E-state index in [1.807, 2.05) is 41.5 Å². The van der Waals surface area contributed by atoms with E-state index in [9.17, 15) is 4.79 Å². The smallest absolute Gasteiger partial charge is 0.244 e. The third-order valence-corrected chi connectivity index (χ3v) is 4.91. The van der Waals surface area contributed by atoms with Crippen molar-refractivity contribution in [2.24, 2.45) is 0 Å². The average Bonchev–Trinajstić information content (AvgIpc) is 3.33. The first-order chi connectivity index (χ1) is 13.6. The normalized spacial score (nSPS) is 15.0. The van der Waals surface area contributed by atoms with Crippen molar-refractivity contribution in [1.29, 1.82) is 0 Å². The van der Waals surface area contributed by atoms with Crippen LogP contribution in [0.1, 0.15) is 15.9 Å². The van der Waals surface area contributed by atoms with Crippen LogP contribution in [0.25, 0.3) is 0 Å². The van der Waals surface area contributed by atoms with Crippen LogP contribution in [0.2, 0.25) is 0 Å². The first-order valence-electron chi connectivity index (χ1n) is 9.20. The summed E-state index contributed by atoms with van der Waals surface area (Å²) in [6.07, 6.45) is 6.73. The number of nitrogens with zero attached hydrogens (tertiary/aromatic N) is 2. The molecule has 0 spiro atoms. The third-order valence-electron chi connectivity index (χ3n) is 4.91. The van der Waals surface area contributed by atoms with Gasteiger partial charge in [-0.15, -0.1) is 0 Å². The number of carbonyl (C=O) groups is 1. The molecule has 28 heavy (non-hydrogen) atoms. The van der Waals surface area contributed by atoms with Gasteiger partial charge in [-0.1, -0.05) is 0 Å². The lowest BCUT2D eigenvalue weighted by molar-refractivity contribution is -0.682. The zero-order valence-electron chi connectivity index (χ0n) is 16.0. The summed E-state index contributed by atoms with van der Waals surface area (Å²) in [6.45, 7) is 1.02. The molecular weight excluding hydrogens is 356 g/mol. The standard InChI is InChI=1S/C22H23N2O4/c1-26-18-5-3-16(4-6-18)21(25)14-24-10-9-23(15-24)13-20-12-17-11-19(27-2)7-8-22(17)28-20/h3-11,15,20H,12-14H2,1-2H3/q+1. The largest absolute Gasteiger partial charge is 0.497 e. The molecule has 4 rings (SSSR count). The molecule has 0 N–H and O–H groups in total. The molecule has 0 fully saturated rings. The predicted molar refractivity (Wildman–Crippen MR) is 103 cm³/mol. The summed E-state index contributed by atoms with van der Waals surface area (Å²) in [5.74, 6) is 2.56. The molecule has 1 unspecified atom stereocenters. The van der Waals surface area contributed by atoms with Crippen LogP contribution in [0.3, 0.4) is 0 Å². The van der Waals surface area contributed by atoms with Crippen molar-refractivity contribution in [2.45, 2.75) is 25.6 Å². The van der Waals surface area contributed by atoms with Crippen LogP contribution in [-0.4, -0.2) is 30.7 Å². The van der Waals surface area contributed by atoms with E-state index in [1.165, 1.54) is 5.56 Å². The van der Waals surface area contributed by atoms with E-state index in [0.29, 0.717) is 12.1 Å². The monoisotopic (exact) mass is 379 g/mol. The number of rotatable bonds is 7. The van der Waals surface area contributed by atoms with Crippen LogP contribution in [0, 0.1) is 0 Å². The number of methoxy groups -OCH3 is 2. The van der Waals surface area contributed by atoms with Crippen molar-refractivity contribution in [3.63, 3.8) is 0 Å². The topological polar surface area (TPSA) is 53.6 Å². The highest BCUT2D eigenvalue weighted by molar-refractivity contribution is 5.95. The Labute approximate surface area is 163 Å². The third kappa shape index (κ3) is 3.86. The minimum absolute atomic E-state index is 0.0574. The highest BCUT2D eigenvalue weighted by Gasteiger charge is 2.25. The minimum atomic E-state index is 0.0574. The molecule has 3 aromatic rings. The fourth-order valence-corrected chi connectivity index (χ4v) is 3.44. The molecule has 0 saturated carbocycles. The second kappa shape index (κ2) is 7.76. The van der Waals surface area contributed by atoms with Gasteiger partial charge < -0.3 is 14.2 Å². The molecule has 2 aromatic carbocycles. The molecule has 1 aliphatic heterocycles. The van der Waals surface area contributed by atoms with E-state index in [2.05, 4.69) is 4.57 Å². The number of aromatic nitrogens is 2. The minimum Gasteiger partial charge on any atom is -0.497 e. The molecule has 144 valence electrons. The molecule has 1 aliphatic rings. The van der Waals surface area contributed by atoms with E-state index >= 15 is 0 Å². The first-order valence-corrected chi connectivity index (χ1v) is 9.20. The first kappa shape index (κ1) is 18.1. The van der Waals surface area contributed by atoms with Crippen LogP contribution in [0.15, 0.2) is 61.2 Å². The van der Waals surface area contributed by atoms with Crippen molar-refractivity contribution in [3.8, 4) is 17.2 Å². The number of fused-ring (bicyclic) bond motifs is 1. The average molecular weight is 379 g/mol. The van der Waals surface area contributed by atoms with Gasteiger partial charge in [0.25, 0.3) is 0 Å². The van der Waals surface area contributed by atoms with Gasteiger partial charge in [-0.05, 0) is 42.5 Å². The Morgan fingerprint density at radius 1 is 1.14 bits per heavy atom. The Balaban J connectivity index is 1.36. The van der Waals surface area contributed by atoms with Crippen molar-refractivity contribution in [3.05, 3.63) is 72.3 Å². The van der Waals surface area contributed by atoms with E-state index < -0.39 is 0 Å². The Hall–Kier alpha value is -3.28. The maximum atomic E-state index is 12.5. The molecule has 0 saturated heterocycles. The molecule has 1 aromatic heterocycles. The molecule has 6 heteroatoms. The number of ether oxygens (including phenoxy) is 3. The fraction of sp³-hybridized carbons (Fsp3) is 0.273. The van der Waals surface area contributed by atoms with E-state index in [-0.39, 0.29) is 11.9 Å². The number of Topliss-reactive ketones (excluding diaryl/α,β-unsaturated/α-hetero) is 1. The summed E-state index contributed by atoms with van der Waals surface area (Å²) in [5.41, 5.74) is 1.84. The number of carbonyl (C=O) groups excluding carboxylic acids is 1. The van der Waals surface area contributed by atoms with Gasteiger partial charge in [0.05, 0.1) is 14.2 Å². The highest BCUT2D eigenvalue weighted by atomic mass is 16.5. The Morgan fingerprint density at radius 3 is 2.64 bits per heavy atom. The second-order valence-corrected chi connectivity index (χ2v) is 6.85. The van der Waals surface area contributed by atoms with E-state index in [4.69, 9.17) is 14.2 Å². The van der Waals surface area contributed by atoms with Gasteiger partial charge >= 0.3 is 0 Å². The highest BCUT2D eigenvalue weighted by Crippen LogP contribution is 2.32. The van der Waals surface area contributed by atoms with Crippen LogP contribution in [-0.2, 0) is 19.5 Å². The van der Waals surface area contributed by atoms with Crippen LogP contribution < -0.4 is 18.8 Å². The molecule has 0 amide bonds. The van der Waals surface area contributed by atoms with Crippen LogP contribution in [0.5, 0.6) is 17.2 Å². The predicted octanol–water partition coefficient (Wildman–Crippen LogP) is 2.68. The maximum Gasteiger partial charge on any atom is 0.244 e. The fourth-order valence-electron chi connectivity index (χ4n) is 3.44. The van der Waals surface area contributed by atoms with E-state index in [1.54, 1.807) is 38.5 Å². The summed E-state index contributed by atoms with van der Waals surface area (Å²) in [6, 6.07) is 13.1. The number of imidazole rings is 1. The summed E-state index contributed by atoms with van der Waals surface area (Å²) >= 11 is 0. The Bertz CT molecular complexity index is 978. The molecule has 6 nitrogen and oxygen atoms in total. The van der Waals surface area contributed by atoms with Crippen LogP contribution in [0.4, 0.5) is 0 Å². The molecule has 0 aliphatic carbocycles. The van der Waals surface area contributed by atoms with E-state index in [0.717, 1.165) is 30.2 Å². The SMILES string of the molecule is COc1ccc(C(=O)C[n+]2ccn(CC3Cc4cc(OC)ccc4O3)c2)cc1. The molecule has 2 heterocycles. The second-order valence-electron chi connectivity index (χ2n) is 6.85. The summed E-state index contributed by atoms with van der Waals surface area (Å²) in [5, 5.41) is 0. The van der Waals surface area contributed by atoms with Crippen molar-refractivity contribution in [2.75, 3.05) is 14.2 Å². The number of benzene rings is 2. The lowest BCUT2D eigenvalue weighted by Crippen LogP contribution is -2.36. The van der Waals surface area contributed by atoms with Gasteiger partial charge in [-0.3, -0.25) is 4.79 Å². The van der Waals surface area contributed by atoms with Gasteiger partial charge in [0.15, 0.2) is 6.54 Å². The molecule has 0 bridgehead atoms. The maximum absolute atomic E-state index is 12.5. The van der Waals surface area contributed by atoms with Crippen molar-refractivity contribution in [1.82, 2.24) is 4.57 Å². The number of hydrogen-bond donors (Lipinski definition) is 0. The number of hydrogen-bond acceptors (Lipinski definition) is 4. The Morgan fingerprint density at radius 2 is 1.89 bits per heavy atom. The zero-order chi connectivity index (χ0) is 19.5. The lowest BCUT2D eigenvalue weighted by atomic mass is 10.1. The molecule has 0 radical (unpaired) electrons. The summed E-state index contributed by atoms with van der Waals surface area (Å²) < 4.78 is 20.4. The van der Waals surface area contributed by atoms with Gasteiger partial charge in [0, 0.05) is 17.5 Å². The number of ketones is 1. The molecular formula is C22H23N2O4+. The van der Waals surface area contributed by atoms with Gasteiger partial charge in [-0.25, -0.2) is 9.13 Å². The summed E-state index contributed by atoms with van der Waals surface area (Å²) in [4.78, 5) is 12.5. The van der Waals surface area contributed by atoms with Crippen LogP contribution >= 0.6 is 0 Å². The van der Waals surface area contributed by atoms with Crippen molar-refractivity contribution >= 4 is 5.78 Å². The Kier molecular flexibility index (Phi) is 5.02. The zero-order valence-corrected chi connectivity index (χ0v) is 16.0.